The van der Waals surface area contributed by atoms with E-state index in [0.717, 1.165) is 0 Å². The molecule has 1 rings (SSSR count). The van der Waals surface area contributed by atoms with Crippen LogP contribution in [0.2, 0.25) is 0 Å². The quantitative estimate of drug-likeness (QED) is 0.473. The van der Waals surface area contributed by atoms with Gasteiger partial charge in [-0.3, -0.25) is 4.74 Å². The summed E-state index contributed by atoms with van der Waals surface area (Å²) in [5, 5.41) is 0. The lowest BCUT2D eigenvalue weighted by molar-refractivity contribution is -0.274. The zero-order chi connectivity index (χ0) is 10.1. The van der Waals surface area contributed by atoms with E-state index in [0.29, 0.717) is 0 Å². The summed E-state index contributed by atoms with van der Waals surface area (Å²) in [6, 6.07) is 0. The number of ether oxygens (including phenoxy) is 5. The van der Waals surface area contributed by atoms with Gasteiger partial charge in [-0.2, -0.15) is 0 Å². The fourth-order valence-electron chi connectivity index (χ4n) is 1.19. The molecule has 13 heavy (non-hydrogen) atoms. The van der Waals surface area contributed by atoms with Gasteiger partial charge in [0, 0.05) is 21.3 Å². The molecule has 1 saturated heterocycles. The Morgan fingerprint density at radius 1 is 0.923 bits per heavy atom. The summed E-state index contributed by atoms with van der Waals surface area (Å²) in [5.41, 5.74) is 0. The van der Waals surface area contributed by atoms with Crippen LogP contribution in [0.25, 0.3) is 0 Å². The van der Waals surface area contributed by atoms with Crippen LogP contribution in [0.1, 0.15) is 13.8 Å². The average Bonchev–Trinajstić information content (AvgIpc) is 2.74. The summed E-state index contributed by atoms with van der Waals surface area (Å²) in [4.78, 5) is 0. The summed E-state index contributed by atoms with van der Waals surface area (Å²) in [6.07, 6.45) is -0.0351. The normalized spacial score (nSPS) is 30.9. The molecule has 0 aromatic heterocycles. The largest absolute Gasteiger partial charge is 0.375 e. The first-order valence-electron chi connectivity index (χ1n) is 4.09. The Morgan fingerprint density at radius 3 is 1.62 bits per heavy atom. The highest BCUT2D eigenvalue weighted by molar-refractivity contribution is 4.88. The molecule has 5 nitrogen and oxygen atoms in total. The molecule has 0 bridgehead atoms. The third kappa shape index (κ3) is 1.58. The van der Waals surface area contributed by atoms with Crippen molar-refractivity contribution < 1.29 is 23.7 Å². The van der Waals surface area contributed by atoms with E-state index in [1.807, 2.05) is 13.8 Å². The Bertz CT molecular complexity index is 177. The van der Waals surface area contributed by atoms with Gasteiger partial charge in [-0.05, 0) is 13.8 Å². The number of rotatable bonds is 5. The fraction of sp³-hybridized carbons (Fsp3) is 1.00. The second kappa shape index (κ2) is 3.51. The van der Waals surface area contributed by atoms with Crippen molar-refractivity contribution in [2.75, 3.05) is 21.3 Å². The molecule has 1 aliphatic heterocycles. The standard InChI is InChI=1S/C8H16O5/c1-6(2)12-8(11-5)7(9-3,10-4)13-8/h6H,1-5H3. The molecule has 78 valence electrons. The van der Waals surface area contributed by atoms with Gasteiger partial charge < -0.3 is 18.9 Å². The van der Waals surface area contributed by atoms with E-state index < -0.39 is 11.9 Å². The molecule has 1 heterocycles. The van der Waals surface area contributed by atoms with Crippen molar-refractivity contribution >= 4 is 0 Å². The lowest BCUT2D eigenvalue weighted by Gasteiger charge is -2.17. The number of methoxy groups -OCH3 is 3. The summed E-state index contributed by atoms with van der Waals surface area (Å²) < 4.78 is 25.6. The summed E-state index contributed by atoms with van der Waals surface area (Å²) in [5.74, 6) is -2.43. The smallest absolute Gasteiger partial charge is 0.324 e. The molecule has 1 fully saturated rings. The van der Waals surface area contributed by atoms with E-state index in [9.17, 15) is 0 Å². The number of hydrogen-bond acceptors (Lipinski definition) is 5. The van der Waals surface area contributed by atoms with Crippen molar-refractivity contribution in [3.05, 3.63) is 0 Å². The Kier molecular flexibility index (Phi) is 2.94. The van der Waals surface area contributed by atoms with Gasteiger partial charge in [0.1, 0.15) is 0 Å². The Hall–Kier alpha value is -0.200. The van der Waals surface area contributed by atoms with Crippen LogP contribution in [0.3, 0.4) is 0 Å². The van der Waals surface area contributed by atoms with E-state index in [2.05, 4.69) is 0 Å². The third-order valence-electron chi connectivity index (χ3n) is 1.80. The summed E-state index contributed by atoms with van der Waals surface area (Å²) >= 11 is 0. The highest BCUT2D eigenvalue weighted by Crippen LogP contribution is 2.51. The van der Waals surface area contributed by atoms with Gasteiger partial charge >= 0.3 is 11.9 Å². The minimum absolute atomic E-state index is 0.0351. The van der Waals surface area contributed by atoms with Gasteiger partial charge in [0.25, 0.3) is 0 Å². The molecule has 1 atom stereocenters. The highest BCUT2D eigenvalue weighted by Gasteiger charge is 2.78. The summed E-state index contributed by atoms with van der Waals surface area (Å²) in [6.45, 7) is 3.75. The van der Waals surface area contributed by atoms with E-state index >= 15 is 0 Å². The lowest BCUT2D eigenvalue weighted by Crippen LogP contribution is -2.35. The van der Waals surface area contributed by atoms with E-state index in [-0.39, 0.29) is 6.10 Å². The minimum atomic E-state index is -1.22. The van der Waals surface area contributed by atoms with Crippen LogP contribution in [0.15, 0.2) is 0 Å². The van der Waals surface area contributed by atoms with Gasteiger partial charge in [-0.15, -0.1) is 0 Å². The molecule has 1 aliphatic rings. The van der Waals surface area contributed by atoms with Crippen molar-refractivity contribution in [3.63, 3.8) is 0 Å². The predicted molar refractivity (Wildman–Crippen MR) is 43.8 cm³/mol. The maximum atomic E-state index is 5.40. The van der Waals surface area contributed by atoms with Crippen LogP contribution >= 0.6 is 0 Å². The maximum absolute atomic E-state index is 5.40. The van der Waals surface area contributed by atoms with Gasteiger partial charge in [0.15, 0.2) is 0 Å². The molecule has 0 spiro atoms. The molecule has 5 heteroatoms. The number of hydrogen-bond donors (Lipinski definition) is 0. The molecule has 0 aromatic carbocycles. The van der Waals surface area contributed by atoms with Crippen molar-refractivity contribution in [1.82, 2.24) is 0 Å². The van der Waals surface area contributed by atoms with Crippen LogP contribution in [-0.2, 0) is 23.7 Å². The SMILES string of the molecule is COC1(OC)OC1(OC)OC(C)C. The van der Waals surface area contributed by atoms with Crippen LogP contribution in [0, 0.1) is 0 Å². The maximum Gasteiger partial charge on any atom is 0.375 e. The minimum Gasteiger partial charge on any atom is -0.324 e. The van der Waals surface area contributed by atoms with Crippen LogP contribution in [-0.4, -0.2) is 39.4 Å². The van der Waals surface area contributed by atoms with E-state index in [1.54, 1.807) is 0 Å². The molecule has 1 unspecified atom stereocenters. The lowest BCUT2D eigenvalue weighted by atomic mass is 10.4. The molecular weight excluding hydrogens is 176 g/mol. The van der Waals surface area contributed by atoms with Gasteiger partial charge in [0.05, 0.1) is 6.10 Å². The fourth-order valence-corrected chi connectivity index (χ4v) is 1.19. The second-order valence-corrected chi connectivity index (χ2v) is 2.99. The molecule has 0 aliphatic carbocycles. The van der Waals surface area contributed by atoms with Gasteiger partial charge in [-0.1, -0.05) is 0 Å². The first-order chi connectivity index (χ1) is 6.06. The Labute approximate surface area is 77.9 Å². The van der Waals surface area contributed by atoms with E-state index in [1.165, 1.54) is 21.3 Å². The highest BCUT2D eigenvalue weighted by atomic mass is 17.1. The molecule has 0 aromatic rings. The Morgan fingerprint density at radius 2 is 1.38 bits per heavy atom. The van der Waals surface area contributed by atoms with Crippen molar-refractivity contribution in [3.8, 4) is 0 Å². The predicted octanol–water partition coefficient (Wildman–Crippen LogP) is 0.688. The summed E-state index contributed by atoms with van der Waals surface area (Å²) in [7, 11) is 4.41. The number of epoxide rings is 1. The van der Waals surface area contributed by atoms with Crippen molar-refractivity contribution in [2.45, 2.75) is 31.9 Å². The molecule has 0 N–H and O–H groups in total. The second-order valence-electron chi connectivity index (χ2n) is 2.99. The molecule has 0 radical (unpaired) electrons. The molecular formula is C8H16O5. The van der Waals surface area contributed by atoms with Gasteiger partial charge in [-0.25, -0.2) is 0 Å². The van der Waals surface area contributed by atoms with Crippen LogP contribution < -0.4 is 0 Å². The van der Waals surface area contributed by atoms with E-state index in [4.69, 9.17) is 23.7 Å². The first kappa shape index (κ1) is 10.9. The van der Waals surface area contributed by atoms with Crippen LogP contribution in [0.4, 0.5) is 0 Å². The first-order valence-corrected chi connectivity index (χ1v) is 4.09. The zero-order valence-corrected chi connectivity index (χ0v) is 8.62. The monoisotopic (exact) mass is 192 g/mol. The topological polar surface area (TPSA) is 49.5 Å². The van der Waals surface area contributed by atoms with Crippen LogP contribution in [0.5, 0.6) is 0 Å². The zero-order valence-electron chi connectivity index (χ0n) is 8.62. The van der Waals surface area contributed by atoms with Gasteiger partial charge in [0.2, 0.25) is 0 Å². The average molecular weight is 192 g/mol. The third-order valence-corrected chi connectivity index (χ3v) is 1.80. The van der Waals surface area contributed by atoms with Crippen molar-refractivity contribution in [1.29, 1.82) is 0 Å². The molecule has 0 saturated carbocycles. The molecule has 0 amide bonds. The van der Waals surface area contributed by atoms with Crippen molar-refractivity contribution in [2.24, 2.45) is 0 Å². The Balaban J connectivity index is 2.66.